The largest absolute Gasteiger partial charge is 0.480 e. The molecule has 0 radical (unpaired) electrons. The summed E-state index contributed by atoms with van der Waals surface area (Å²) in [5.74, 6) is -2.18. The average Bonchev–Trinajstić information content (AvgIpc) is 3.46. The second-order valence-electron chi connectivity index (χ2n) is 8.87. The fraction of sp³-hybridized carbons (Fsp3) is 0.308. The molecule has 35 heavy (non-hydrogen) atoms. The quantitative estimate of drug-likeness (QED) is 0.375. The molecule has 1 aliphatic rings. The van der Waals surface area contributed by atoms with Gasteiger partial charge in [-0.25, -0.2) is 14.6 Å². The monoisotopic (exact) mass is 476 g/mol. The summed E-state index contributed by atoms with van der Waals surface area (Å²) in [5, 5.41) is 14.6. The van der Waals surface area contributed by atoms with Crippen molar-refractivity contribution in [3.8, 4) is 11.1 Å². The molecule has 2 atom stereocenters. The summed E-state index contributed by atoms with van der Waals surface area (Å²) < 4.78 is 5.55. The Hall–Kier alpha value is -4.14. The number of nitrogens with one attached hydrogen (secondary N) is 3. The van der Waals surface area contributed by atoms with Gasteiger partial charge in [-0.05, 0) is 28.2 Å². The molecule has 1 aromatic heterocycles. The van der Waals surface area contributed by atoms with Gasteiger partial charge in [-0.15, -0.1) is 0 Å². The Bertz CT molecular complexity index is 1160. The second kappa shape index (κ2) is 10.4. The molecule has 0 saturated carbocycles. The number of benzene rings is 2. The van der Waals surface area contributed by atoms with Gasteiger partial charge in [0.25, 0.3) is 0 Å². The minimum atomic E-state index is -1.18. The zero-order chi connectivity index (χ0) is 24.9. The summed E-state index contributed by atoms with van der Waals surface area (Å²) >= 11 is 0. The third kappa shape index (κ3) is 5.34. The zero-order valence-electron chi connectivity index (χ0n) is 19.5. The van der Waals surface area contributed by atoms with Crippen molar-refractivity contribution in [1.82, 2.24) is 20.6 Å². The van der Waals surface area contributed by atoms with E-state index in [1.165, 1.54) is 12.5 Å². The van der Waals surface area contributed by atoms with E-state index in [-0.39, 0.29) is 24.9 Å². The van der Waals surface area contributed by atoms with Gasteiger partial charge in [-0.2, -0.15) is 0 Å². The van der Waals surface area contributed by atoms with Crippen molar-refractivity contribution in [2.45, 2.75) is 38.3 Å². The number of carboxylic acid groups (broad SMARTS) is 1. The molecule has 1 heterocycles. The van der Waals surface area contributed by atoms with Crippen molar-refractivity contribution < 1.29 is 24.2 Å². The fourth-order valence-corrected chi connectivity index (χ4v) is 4.38. The fourth-order valence-electron chi connectivity index (χ4n) is 4.38. The molecular weight excluding hydrogens is 448 g/mol. The highest BCUT2D eigenvalue weighted by Gasteiger charge is 2.32. The number of hydrogen-bond acceptors (Lipinski definition) is 5. The van der Waals surface area contributed by atoms with E-state index in [1.807, 2.05) is 36.4 Å². The van der Waals surface area contributed by atoms with Crippen molar-refractivity contribution >= 4 is 18.0 Å². The SMILES string of the molecule is CC(C)[C@H](NC(=O)OCC1c2ccccc2-c2ccccc21)C(=O)N[C@@H](Cc1cnc[nH]1)C(=O)O. The molecule has 0 spiro atoms. The molecular formula is C26H28N4O5. The summed E-state index contributed by atoms with van der Waals surface area (Å²) in [5.41, 5.74) is 4.98. The number of carboxylic acids is 1. The van der Waals surface area contributed by atoms with E-state index >= 15 is 0 Å². The van der Waals surface area contributed by atoms with E-state index in [0.717, 1.165) is 22.3 Å². The molecule has 0 bridgehead atoms. The van der Waals surface area contributed by atoms with Gasteiger partial charge in [0.05, 0.1) is 6.33 Å². The van der Waals surface area contributed by atoms with Crippen LogP contribution in [0, 0.1) is 5.92 Å². The van der Waals surface area contributed by atoms with Gasteiger partial charge < -0.3 is 25.5 Å². The normalized spacial score (nSPS) is 14.0. The lowest BCUT2D eigenvalue weighted by Crippen LogP contribution is -2.54. The van der Waals surface area contributed by atoms with Crippen molar-refractivity contribution in [1.29, 1.82) is 0 Å². The van der Waals surface area contributed by atoms with Crippen molar-refractivity contribution in [3.05, 3.63) is 77.9 Å². The van der Waals surface area contributed by atoms with E-state index in [4.69, 9.17) is 4.74 Å². The first-order valence-corrected chi connectivity index (χ1v) is 11.5. The van der Waals surface area contributed by atoms with Crippen LogP contribution in [0.4, 0.5) is 4.79 Å². The Morgan fingerprint density at radius 2 is 1.66 bits per heavy atom. The maximum atomic E-state index is 12.9. The number of aliphatic carboxylic acids is 1. The lowest BCUT2D eigenvalue weighted by molar-refractivity contribution is -0.142. The zero-order valence-corrected chi connectivity index (χ0v) is 19.5. The Morgan fingerprint density at radius 1 is 1.03 bits per heavy atom. The molecule has 0 fully saturated rings. The molecule has 3 aromatic rings. The number of aromatic amines is 1. The van der Waals surface area contributed by atoms with Crippen molar-refractivity contribution in [2.24, 2.45) is 5.92 Å². The summed E-state index contributed by atoms with van der Waals surface area (Å²) in [7, 11) is 0. The standard InChI is InChI=1S/C26H28N4O5/c1-15(2)23(24(31)29-22(25(32)33)11-16-12-27-14-28-16)30-26(34)35-13-21-19-9-5-3-7-17(19)18-8-4-6-10-20(18)21/h3-10,12,14-15,21-23H,11,13H2,1-2H3,(H,27,28)(H,29,31)(H,30,34)(H,32,33)/t22-,23-/m0/s1. The molecule has 0 saturated heterocycles. The smallest absolute Gasteiger partial charge is 0.407 e. The van der Waals surface area contributed by atoms with Gasteiger partial charge >= 0.3 is 12.1 Å². The molecule has 4 rings (SSSR count). The minimum absolute atomic E-state index is 0.0385. The average molecular weight is 477 g/mol. The molecule has 2 amide bonds. The van der Waals surface area contributed by atoms with Gasteiger partial charge in [-0.3, -0.25) is 4.79 Å². The van der Waals surface area contributed by atoms with Crippen LogP contribution < -0.4 is 10.6 Å². The molecule has 1 aliphatic carbocycles. The Balaban J connectivity index is 1.39. The van der Waals surface area contributed by atoms with Crippen molar-refractivity contribution in [3.63, 3.8) is 0 Å². The summed E-state index contributed by atoms with van der Waals surface area (Å²) in [4.78, 5) is 43.9. The van der Waals surface area contributed by atoms with Crippen LogP contribution in [0.1, 0.15) is 36.6 Å². The minimum Gasteiger partial charge on any atom is -0.480 e. The number of carbonyl (C=O) groups excluding carboxylic acids is 2. The summed E-state index contributed by atoms with van der Waals surface area (Å²) in [6.45, 7) is 3.64. The van der Waals surface area contributed by atoms with Crippen LogP contribution in [0.3, 0.4) is 0 Å². The molecule has 2 aromatic carbocycles. The van der Waals surface area contributed by atoms with Crippen LogP contribution in [0.2, 0.25) is 0 Å². The van der Waals surface area contributed by atoms with E-state index < -0.39 is 30.1 Å². The molecule has 182 valence electrons. The Morgan fingerprint density at radius 3 is 2.20 bits per heavy atom. The lowest BCUT2D eigenvalue weighted by atomic mass is 9.98. The molecule has 4 N–H and O–H groups in total. The van der Waals surface area contributed by atoms with Gasteiger partial charge in [0.15, 0.2) is 0 Å². The van der Waals surface area contributed by atoms with E-state index in [0.29, 0.717) is 5.69 Å². The highest BCUT2D eigenvalue weighted by molar-refractivity contribution is 5.89. The van der Waals surface area contributed by atoms with Crippen molar-refractivity contribution in [2.75, 3.05) is 6.61 Å². The number of rotatable bonds is 9. The van der Waals surface area contributed by atoms with Crippen LogP contribution in [-0.4, -0.2) is 51.7 Å². The topological polar surface area (TPSA) is 133 Å². The van der Waals surface area contributed by atoms with Crippen LogP contribution in [-0.2, 0) is 20.7 Å². The van der Waals surface area contributed by atoms with Crippen LogP contribution in [0.15, 0.2) is 61.1 Å². The molecule has 9 nitrogen and oxygen atoms in total. The number of fused-ring (bicyclic) bond motifs is 3. The number of ether oxygens (including phenoxy) is 1. The lowest BCUT2D eigenvalue weighted by Gasteiger charge is -2.24. The Labute approximate surface area is 202 Å². The first kappa shape index (κ1) is 24.0. The highest BCUT2D eigenvalue weighted by Crippen LogP contribution is 2.44. The number of amides is 2. The molecule has 0 aliphatic heterocycles. The first-order chi connectivity index (χ1) is 16.8. The maximum absolute atomic E-state index is 12.9. The number of imidazole rings is 1. The Kier molecular flexibility index (Phi) is 7.14. The van der Waals surface area contributed by atoms with E-state index in [1.54, 1.807) is 13.8 Å². The third-order valence-electron chi connectivity index (χ3n) is 6.16. The summed E-state index contributed by atoms with van der Waals surface area (Å²) in [6.07, 6.45) is 2.24. The third-order valence-corrected chi connectivity index (χ3v) is 6.16. The number of nitrogens with zero attached hydrogens (tertiary/aromatic N) is 1. The van der Waals surface area contributed by atoms with E-state index in [2.05, 4.69) is 32.7 Å². The van der Waals surface area contributed by atoms with Gasteiger partial charge in [0.2, 0.25) is 5.91 Å². The van der Waals surface area contributed by atoms with Gasteiger partial charge in [-0.1, -0.05) is 62.4 Å². The molecule has 0 unspecified atom stereocenters. The number of alkyl carbamates (subject to hydrolysis) is 1. The van der Waals surface area contributed by atoms with Crippen LogP contribution in [0.25, 0.3) is 11.1 Å². The number of H-pyrrole nitrogens is 1. The number of aromatic nitrogens is 2. The van der Waals surface area contributed by atoms with E-state index in [9.17, 15) is 19.5 Å². The first-order valence-electron chi connectivity index (χ1n) is 11.5. The summed E-state index contributed by atoms with van der Waals surface area (Å²) in [6, 6.07) is 13.9. The number of carbonyl (C=O) groups is 3. The highest BCUT2D eigenvalue weighted by atomic mass is 16.5. The second-order valence-corrected chi connectivity index (χ2v) is 8.87. The van der Waals surface area contributed by atoms with Gasteiger partial charge in [0, 0.05) is 24.2 Å². The van der Waals surface area contributed by atoms with Crippen LogP contribution >= 0.6 is 0 Å². The number of hydrogen-bond donors (Lipinski definition) is 4. The van der Waals surface area contributed by atoms with Crippen LogP contribution in [0.5, 0.6) is 0 Å². The predicted octanol–water partition coefficient (Wildman–Crippen LogP) is 3.08. The maximum Gasteiger partial charge on any atom is 0.407 e. The predicted molar refractivity (Wildman–Crippen MR) is 129 cm³/mol. The molecule has 9 heteroatoms. The van der Waals surface area contributed by atoms with Gasteiger partial charge in [0.1, 0.15) is 18.7 Å².